The van der Waals surface area contributed by atoms with E-state index < -0.39 is 0 Å². The fourth-order valence-corrected chi connectivity index (χ4v) is 5.81. The van der Waals surface area contributed by atoms with Crippen molar-refractivity contribution in [1.29, 1.82) is 0 Å². The van der Waals surface area contributed by atoms with E-state index >= 15 is 0 Å². The molecule has 0 N–H and O–H groups in total. The predicted octanol–water partition coefficient (Wildman–Crippen LogP) is 10.2. The molecule has 8 rings (SSSR count). The molecule has 3 aromatic heterocycles. The summed E-state index contributed by atoms with van der Waals surface area (Å²) in [6, 6.07) is 35.5. The first-order valence-corrected chi connectivity index (χ1v) is 14.9. The Hall–Kier alpha value is -4.31. The molecular formula is C39H33IrN3O-2. The van der Waals surface area contributed by atoms with E-state index in [0.29, 0.717) is 11.8 Å². The molecule has 0 bridgehead atoms. The second kappa shape index (κ2) is 12.4. The van der Waals surface area contributed by atoms with Crippen LogP contribution in [0.4, 0.5) is 0 Å². The molecule has 0 amide bonds. The van der Waals surface area contributed by atoms with E-state index in [-0.39, 0.29) is 20.1 Å². The van der Waals surface area contributed by atoms with Crippen LogP contribution in [0.2, 0.25) is 0 Å². The molecule has 1 aliphatic rings. The summed E-state index contributed by atoms with van der Waals surface area (Å²) in [5, 5.41) is 2.24. The maximum atomic E-state index is 6.07. The summed E-state index contributed by atoms with van der Waals surface area (Å²) in [7, 11) is 0. The summed E-state index contributed by atoms with van der Waals surface area (Å²) in [5.74, 6) is 1.99. The van der Waals surface area contributed by atoms with Crippen LogP contribution in [0.25, 0.3) is 61.7 Å². The summed E-state index contributed by atoms with van der Waals surface area (Å²) in [6.07, 6.45) is 6.29. The van der Waals surface area contributed by atoms with E-state index in [1.807, 2.05) is 48.7 Å². The topological polar surface area (TPSA) is 43.9 Å². The van der Waals surface area contributed by atoms with Gasteiger partial charge in [0.05, 0.1) is 22.4 Å². The molecule has 0 unspecified atom stereocenters. The summed E-state index contributed by atoms with van der Waals surface area (Å²) >= 11 is 0. The predicted molar refractivity (Wildman–Crippen MR) is 177 cm³/mol. The van der Waals surface area contributed by atoms with Gasteiger partial charge >= 0.3 is 0 Å². The molecule has 4 aromatic carbocycles. The van der Waals surface area contributed by atoms with Gasteiger partial charge in [0, 0.05) is 38.2 Å². The molecule has 0 fully saturated rings. The first-order chi connectivity index (χ1) is 21.0. The Balaban J connectivity index is 0.000000153. The number of fused-ring (bicyclic) bond motifs is 3. The van der Waals surface area contributed by atoms with Crippen molar-refractivity contribution in [2.45, 2.75) is 46.1 Å². The minimum absolute atomic E-state index is 0. The van der Waals surface area contributed by atoms with Crippen molar-refractivity contribution in [1.82, 2.24) is 14.5 Å². The van der Waals surface area contributed by atoms with Crippen LogP contribution in [0, 0.1) is 12.1 Å². The molecule has 44 heavy (non-hydrogen) atoms. The number of imidazole rings is 1. The second-order valence-electron chi connectivity index (χ2n) is 11.7. The van der Waals surface area contributed by atoms with Gasteiger partial charge in [0.15, 0.2) is 0 Å². The van der Waals surface area contributed by atoms with Crippen LogP contribution < -0.4 is 0 Å². The van der Waals surface area contributed by atoms with E-state index in [9.17, 15) is 0 Å². The number of rotatable bonds is 4. The van der Waals surface area contributed by atoms with Crippen molar-refractivity contribution in [2.24, 2.45) is 0 Å². The van der Waals surface area contributed by atoms with E-state index in [1.165, 1.54) is 22.2 Å². The van der Waals surface area contributed by atoms with Crippen LogP contribution in [-0.2, 0) is 26.7 Å². The maximum absolute atomic E-state index is 6.07. The van der Waals surface area contributed by atoms with Gasteiger partial charge in [-0.1, -0.05) is 80.6 Å². The Labute approximate surface area is 271 Å². The van der Waals surface area contributed by atoms with Crippen molar-refractivity contribution >= 4 is 39.0 Å². The Bertz CT molecular complexity index is 2120. The molecule has 1 radical (unpaired) electrons. The molecule has 0 saturated heterocycles. The number of aromatic nitrogens is 3. The van der Waals surface area contributed by atoms with Gasteiger partial charge in [-0.25, -0.2) is 0 Å². The number of nitrogens with zero attached hydrogens (tertiary/aromatic N) is 3. The fourth-order valence-electron chi connectivity index (χ4n) is 5.81. The van der Waals surface area contributed by atoms with Gasteiger partial charge in [0.1, 0.15) is 5.58 Å². The minimum atomic E-state index is 0. The molecule has 221 valence electrons. The van der Waals surface area contributed by atoms with Crippen molar-refractivity contribution < 1.29 is 24.5 Å². The minimum Gasteiger partial charge on any atom is -0.501 e. The average molecular weight is 752 g/mol. The molecule has 0 saturated carbocycles. The molecule has 0 aliphatic carbocycles. The summed E-state index contributed by atoms with van der Waals surface area (Å²) in [4.78, 5) is 9.41. The van der Waals surface area contributed by atoms with E-state index in [1.54, 1.807) is 0 Å². The zero-order valence-electron chi connectivity index (χ0n) is 25.3. The van der Waals surface area contributed by atoms with Gasteiger partial charge in [-0.05, 0) is 52.9 Å². The summed E-state index contributed by atoms with van der Waals surface area (Å²) in [5.41, 5.74) is 10.9. The van der Waals surface area contributed by atoms with Gasteiger partial charge in [-0.3, -0.25) is 4.98 Å². The van der Waals surface area contributed by atoms with Crippen molar-refractivity contribution in [3.63, 3.8) is 0 Å². The van der Waals surface area contributed by atoms with Crippen LogP contribution in [0.5, 0.6) is 0 Å². The number of furan rings is 1. The third-order valence-corrected chi connectivity index (χ3v) is 8.14. The third kappa shape index (κ3) is 5.43. The monoisotopic (exact) mass is 752 g/mol. The van der Waals surface area contributed by atoms with E-state index in [4.69, 9.17) is 9.40 Å². The molecule has 5 heteroatoms. The Morgan fingerprint density at radius 2 is 1.64 bits per heavy atom. The van der Waals surface area contributed by atoms with Crippen LogP contribution >= 0.6 is 0 Å². The smallest absolute Gasteiger partial charge is 0.120 e. The van der Waals surface area contributed by atoms with Crippen LogP contribution in [-0.4, -0.2) is 14.5 Å². The van der Waals surface area contributed by atoms with Crippen LogP contribution in [0.1, 0.15) is 56.2 Å². The number of para-hydroxylation sites is 1. The SMILES string of the molecule is CC(C)c1cc2c3c(c1)nc(-c1[c-]cccc1)n3CC=C2.CC(C)c1ccnc(-c2[c-]ccc3c2oc2ccccc23)c1.[Ir]. The molecule has 4 nitrogen and oxygen atoms in total. The van der Waals surface area contributed by atoms with E-state index in [0.717, 1.165) is 56.6 Å². The fraction of sp³-hybridized carbons (Fsp3) is 0.179. The third-order valence-electron chi connectivity index (χ3n) is 8.14. The number of pyridine rings is 1. The molecule has 4 heterocycles. The molecular weight excluding hydrogens is 719 g/mol. The Morgan fingerprint density at radius 3 is 2.43 bits per heavy atom. The number of allylic oxidation sites excluding steroid dienone is 1. The normalized spacial score (nSPS) is 12.1. The maximum Gasteiger partial charge on any atom is 0.120 e. The standard InChI is InChI=1S/C20H16NO.C19H17N2.Ir/c1-13(2)14-10-11-21-18(12-14)17-8-5-7-16-15-6-3-4-9-19(15)22-20(16)17;1-13(2)16-11-15-9-6-10-21-18(15)17(12-16)20-19(21)14-7-4-3-5-8-14;/h3-7,9-13H,1-2H3;3-7,9,11-13H,10H2,1-2H3;/q2*-1;. The Morgan fingerprint density at radius 1 is 0.818 bits per heavy atom. The zero-order valence-corrected chi connectivity index (χ0v) is 27.7. The van der Waals surface area contributed by atoms with Gasteiger partial charge < -0.3 is 14.0 Å². The zero-order chi connectivity index (χ0) is 29.5. The van der Waals surface area contributed by atoms with Crippen molar-refractivity contribution in [3.8, 4) is 22.6 Å². The molecule has 0 atom stereocenters. The second-order valence-corrected chi connectivity index (χ2v) is 11.7. The summed E-state index contributed by atoms with van der Waals surface area (Å²) in [6.45, 7) is 9.70. The number of hydrogen-bond donors (Lipinski definition) is 0. The van der Waals surface area contributed by atoms with Gasteiger partial charge in [-0.15, -0.1) is 54.1 Å². The van der Waals surface area contributed by atoms with Crippen LogP contribution in [0.3, 0.4) is 0 Å². The number of benzene rings is 4. The molecule has 0 spiro atoms. The largest absolute Gasteiger partial charge is 0.501 e. The first kappa shape index (κ1) is 29.7. The van der Waals surface area contributed by atoms with Crippen LogP contribution in [0.15, 0.2) is 102 Å². The van der Waals surface area contributed by atoms with Gasteiger partial charge in [-0.2, -0.15) is 0 Å². The van der Waals surface area contributed by atoms with Gasteiger partial charge in [0.25, 0.3) is 0 Å². The average Bonchev–Trinajstić information content (AvgIpc) is 3.61. The van der Waals surface area contributed by atoms with Crippen molar-refractivity contribution in [3.05, 3.63) is 126 Å². The quantitative estimate of drug-likeness (QED) is 0.168. The summed E-state index contributed by atoms with van der Waals surface area (Å²) < 4.78 is 8.36. The number of hydrogen-bond acceptors (Lipinski definition) is 3. The first-order valence-electron chi connectivity index (χ1n) is 14.9. The molecule has 7 aromatic rings. The van der Waals surface area contributed by atoms with Gasteiger partial charge in [0.2, 0.25) is 0 Å². The van der Waals surface area contributed by atoms with E-state index in [2.05, 4.69) is 104 Å². The Kier molecular flexibility index (Phi) is 8.35. The molecule has 1 aliphatic heterocycles. The van der Waals surface area contributed by atoms with Crippen molar-refractivity contribution in [2.75, 3.05) is 0 Å².